The zero-order valence-corrected chi connectivity index (χ0v) is 16.7. The molecule has 0 spiro atoms. The molecule has 0 aromatic heterocycles. The van der Waals surface area contributed by atoms with Gasteiger partial charge in [-0.1, -0.05) is 28.1 Å². The summed E-state index contributed by atoms with van der Waals surface area (Å²) >= 11 is 3.38. The summed E-state index contributed by atoms with van der Waals surface area (Å²) in [7, 11) is -3.88. The predicted molar refractivity (Wildman–Crippen MR) is 98.0 cm³/mol. The van der Waals surface area contributed by atoms with Crippen molar-refractivity contribution >= 4 is 26.0 Å². The molecule has 0 bridgehead atoms. The van der Waals surface area contributed by atoms with E-state index in [2.05, 4.69) is 25.4 Å². The highest BCUT2D eigenvalue weighted by Crippen LogP contribution is 2.51. The molecule has 0 amide bonds. The Hall–Kier alpha value is -1.58. The summed E-state index contributed by atoms with van der Waals surface area (Å²) in [5.41, 5.74) is 0.780. The Morgan fingerprint density at radius 2 is 1.63 bits per heavy atom. The lowest BCUT2D eigenvalue weighted by Gasteiger charge is -2.25. The lowest BCUT2D eigenvalue weighted by atomic mass is 9.90. The average Bonchev–Trinajstić information content (AvgIpc) is 3.36. The first kappa shape index (κ1) is 20.2. The van der Waals surface area contributed by atoms with Gasteiger partial charge >= 0.3 is 6.36 Å². The summed E-state index contributed by atoms with van der Waals surface area (Å²) in [5, 5.41) is 0. The maximum absolute atomic E-state index is 12.6. The zero-order valence-electron chi connectivity index (χ0n) is 14.3. The molecule has 1 fully saturated rings. The average molecular weight is 464 g/mol. The summed E-state index contributed by atoms with van der Waals surface area (Å²) in [6.07, 6.45) is -3.11. The molecule has 27 heavy (non-hydrogen) atoms. The molecular weight excluding hydrogens is 447 g/mol. The minimum Gasteiger partial charge on any atom is -0.406 e. The van der Waals surface area contributed by atoms with Crippen molar-refractivity contribution < 1.29 is 26.3 Å². The van der Waals surface area contributed by atoms with Gasteiger partial charge in [-0.15, -0.1) is 13.2 Å². The van der Waals surface area contributed by atoms with Gasteiger partial charge in [0.25, 0.3) is 0 Å². The minimum absolute atomic E-state index is 0.115. The van der Waals surface area contributed by atoms with E-state index in [0.29, 0.717) is 0 Å². The fourth-order valence-electron chi connectivity index (χ4n) is 3.12. The molecule has 0 saturated heterocycles. The van der Waals surface area contributed by atoms with Crippen LogP contribution in [0.4, 0.5) is 13.2 Å². The van der Waals surface area contributed by atoms with Crippen LogP contribution in [0.25, 0.3) is 0 Å². The smallest absolute Gasteiger partial charge is 0.406 e. The van der Waals surface area contributed by atoms with Gasteiger partial charge in [0.1, 0.15) is 5.75 Å². The standard InChI is InChI=1S/C18H17BrF3NO3S/c1-12(17(10-11-17)13-2-4-14(19)5-3-13)23-27(24,25)16-8-6-15(7-9-16)26-18(20,21)22/h2-9,12,23H,10-11H2,1H3/t12-/m0/s1. The number of alkyl halides is 3. The van der Waals surface area contributed by atoms with E-state index in [1.54, 1.807) is 6.92 Å². The van der Waals surface area contributed by atoms with Gasteiger partial charge in [-0.3, -0.25) is 0 Å². The largest absolute Gasteiger partial charge is 0.573 e. The molecule has 0 heterocycles. The molecule has 0 radical (unpaired) electrons. The topological polar surface area (TPSA) is 55.4 Å². The van der Waals surface area contributed by atoms with Crippen molar-refractivity contribution in [1.29, 1.82) is 0 Å². The summed E-state index contributed by atoms with van der Waals surface area (Å²) in [5.74, 6) is -0.469. The Bertz CT molecular complexity index is 908. The van der Waals surface area contributed by atoms with Crippen molar-refractivity contribution in [2.24, 2.45) is 0 Å². The summed E-state index contributed by atoms with van der Waals surface area (Å²) in [4.78, 5) is -0.115. The molecule has 9 heteroatoms. The third-order valence-corrected chi connectivity index (χ3v) is 6.82. The molecule has 1 atom stereocenters. The second-order valence-corrected chi connectivity index (χ2v) is 9.15. The quantitative estimate of drug-likeness (QED) is 0.672. The van der Waals surface area contributed by atoms with E-state index in [-0.39, 0.29) is 16.4 Å². The number of hydrogen-bond acceptors (Lipinski definition) is 3. The van der Waals surface area contributed by atoms with Crippen molar-refractivity contribution in [3.8, 4) is 5.75 Å². The van der Waals surface area contributed by atoms with Crippen LogP contribution in [0.5, 0.6) is 5.75 Å². The molecular formula is C18H17BrF3NO3S. The predicted octanol–water partition coefficient (Wildman–Crippen LogP) is 4.75. The third kappa shape index (κ3) is 4.64. The van der Waals surface area contributed by atoms with Crippen LogP contribution in [-0.2, 0) is 15.4 Å². The summed E-state index contributed by atoms with van der Waals surface area (Å²) < 4.78 is 69.2. The van der Waals surface area contributed by atoms with Crippen molar-refractivity contribution in [1.82, 2.24) is 4.72 Å². The van der Waals surface area contributed by atoms with E-state index < -0.39 is 22.1 Å². The van der Waals surface area contributed by atoms with Gasteiger partial charge in [0.05, 0.1) is 4.90 Å². The number of ether oxygens (including phenoxy) is 1. The lowest BCUT2D eigenvalue weighted by Crippen LogP contribution is -2.41. The Morgan fingerprint density at radius 1 is 1.07 bits per heavy atom. The highest BCUT2D eigenvalue weighted by atomic mass is 79.9. The van der Waals surface area contributed by atoms with E-state index in [1.165, 1.54) is 0 Å². The van der Waals surface area contributed by atoms with Crippen LogP contribution in [0.1, 0.15) is 25.3 Å². The van der Waals surface area contributed by atoms with Gasteiger partial charge in [0, 0.05) is 15.9 Å². The first-order valence-corrected chi connectivity index (χ1v) is 10.4. The fourth-order valence-corrected chi connectivity index (χ4v) is 4.71. The highest BCUT2D eigenvalue weighted by molar-refractivity contribution is 9.10. The number of halogens is 4. The van der Waals surface area contributed by atoms with Crippen molar-refractivity contribution in [2.45, 2.75) is 42.5 Å². The van der Waals surface area contributed by atoms with E-state index >= 15 is 0 Å². The monoisotopic (exact) mass is 463 g/mol. The molecule has 0 unspecified atom stereocenters. The van der Waals surface area contributed by atoms with Gasteiger partial charge in [-0.25, -0.2) is 13.1 Å². The van der Waals surface area contributed by atoms with Crippen molar-refractivity contribution in [3.05, 3.63) is 58.6 Å². The van der Waals surface area contributed by atoms with Crippen LogP contribution in [-0.4, -0.2) is 20.8 Å². The Labute approximate surface area is 163 Å². The van der Waals surface area contributed by atoms with Crippen LogP contribution >= 0.6 is 15.9 Å². The van der Waals surface area contributed by atoms with Gasteiger partial charge < -0.3 is 4.74 Å². The maximum Gasteiger partial charge on any atom is 0.573 e. The summed E-state index contributed by atoms with van der Waals surface area (Å²) in [6, 6.07) is 11.5. The number of sulfonamides is 1. The van der Waals surface area contributed by atoms with E-state index in [0.717, 1.165) is 47.1 Å². The van der Waals surface area contributed by atoms with Crippen molar-refractivity contribution in [2.75, 3.05) is 0 Å². The van der Waals surface area contributed by atoms with Crippen LogP contribution < -0.4 is 9.46 Å². The second kappa shape index (κ2) is 7.10. The highest BCUT2D eigenvalue weighted by Gasteiger charge is 2.49. The normalized spacial score (nSPS) is 17.4. The van der Waals surface area contributed by atoms with E-state index in [9.17, 15) is 21.6 Å². The van der Waals surface area contributed by atoms with Gasteiger partial charge in [0.15, 0.2) is 0 Å². The Balaban J connectivity index is 1.75. The molecule has 1 aliphatic rings. The van der Waals surface area contributed by atoms with Crippen LogP contribution in [0, 0.1) is 0 Å². The number of hydrogen-bond donors (Lipinski definition) is 1. The zero-order chi connectivity index (χ0) is 19.9. The Kier molecular flexibility index (Phi) is 5.31. The SMILES string of the molecule is C[C@H](NS(=O)(=O)c1ccc(OC(F)(F)F)cc1)C1(c2ccc(Br)cc2)CC1. The fraction of sp³-hybridized carbons (Fsp3) is 0.333. The molecule has 0 aliphatic heterocycles. The molecule has 1 saturated carbocycles. The van der Waals surface area contributed by atoms with Gasteiger partial charge in [-0.05, 0) is 61.7 Å². The maximum atomic E-state index is 12.6. The first-order chi connectivity index (χ1) is 12.5. The molecule has 3 rings (SSSR count). The minimum atomic E-state index is -4.82. The Morgan fingerprint density at radius 3 is 2.11 bits per heavy atom. The number of nitrogens with one attached hydrogen (secondary N) is 1. The van der Waals surface area contributed by atoms with E-state index in [1.807, 2.05) is 24.3 Å². The number of benzene rings is 2. The second-order valence-electron chi connectivity index (χ2n) is 6.53. The molecule has 2 aromatic rings. The molecule has 4 nitrogen and oxygen atoms in total. The van der Waals surface area contributed by atoms with Crippen LogP contribution in [0.2, 0.25) is 0 Å². The lowest BCUT2D eigenvalue weighted by molar-refractivity contribution is -0.274. The first-order valence-electron chi connectivity index (χ1n) is 8.16. The molecule has 1 N–H and O–H groups in total. The third-order valence-electron chi connectivity index (χ3n) is 4.74. The van der Waals surface area contributed by atoms with Gasteiger partial charge in [-0.2, -0.15) is 0 Å². The molecule has 146 valence electrons. The molecule has 2 aromatic carbocycles. The van der Waals surface area contributed by atoms with Crippen molar-refractivity contribution in [3.63, 3.8) is 0 Å². The van der Waals surface area contributed by atoms with Crippen LogP contribution in [0.3, 0.4) is 0 Å². The molecule has 1 aliphatic carbocycles. The summed E-state index contributed by atoms with van der Waals surface area (Å²) in [6.45, 7) is 1.80. The van der Waals surface area contributed by atoms with Gasteiger partial charge in [0.2, 0.25) is 10.0 Å². The number of rotatable bonds is 6. The van der Waals surface area contributed by atoms with E-state index in [4.69, 9.17) is 0 Å². The van der Waals surface area contributed by atoms with Crippen LogP contribution in [0.15, 0.2) is 57.9 Å².